The van der Waals surface area contributed by atoms with Crippen molar-refractivity contribution in [2.45, 2.75) is 79.1 Å². The molecule has 0 aliphatic carbocycles. The fourth-order valence-electron chi connectivity index (χ4n) is 5.51. The molecule has 0 fully saturated rings. The minimum Gasteiger partial charge on any atom is -0.305 e. The molecule has 6 aromatic rings. The largest absolute Gasteiger partial charge is 0.362 e. The third-order valence-corrected chi connectivity index (χ3v) is 22.0. The highest BCUT2D eigenvalue weighted by Gasteiger charge is 2.37. The van der Waals surface area contributed by atoms with Gasteiger partial charge < -0.3 is 18.1 Å². The molecule has 6 rings (SSSR count). The van der Waals surface area contributed by atoms with Crippen LogP contribution in [0.4, 0.5) is 0 Å². The highest BCUT2D eigenvalue weighted by atomic mass is 127. The van der Waals surface area contributed by atoms with Gasteiger partial charge in [0.05, 0.1) is 52.6 Å². The Labute approximate surface area is 382 Å². The Bertz CT molecular complexity index is 2080. The molecule has 0 N–H and O–H groups in total. The predicted molar refractivity (Wildman–Crippen MR) is 264 cm³/mol. The summed E-state index contributed by atoms with van der Waals surface area (Å²) in [5.41, 5.74) is 0. The molecular formula is C40H46I2O6P2S6. The van der Waals surface area contributed by atoms with Crippen molar-refractivity contribution in [3.63, 3.8) is 0 Å². The molecular weight excluding hydrogens is 1080 g/mol. The van der Waals surface area contributed by atoms with Crippen LogP contribution in [0.3, 0.4) is 0 Å². The number of hydrogen-bond donors (Lipinski definition) is 0. The standard InChI is InChI=1S/C40H46I2O6P2S6/c1-5-9-21-45-49(43,46-22-10-6-2)27-25-35(55-39(27)33-15-13-29(51-33)31-17-19-37(41)53-31)36-26-28(50(44,47-23-11-7-3)48-24-12-8-4)40(56-36)34-16-14-30(52-34)32-18-20-38(42)54-32/h13-20,25-26H,5-12,21-24H2,1-4H3. The van der Waals surface area contributed by atoms with Crippen LogP contribution in [0, 0.1) is 5.77 Å². The van der Waals surface area contributed by atoms with Crippen molar-refractivity contribution in [3.05, 3.63) is 66.4 Å². The summed E-state index contributed by atoms with van der Waals surface area (Å²) >= 11 is 14.8. The summed E-state index contributed by atoms with van der Waals surface area (Å²) < 4.78 is 57.7. The topological polar surface area (TPSA) is 71.1 Å². The van der Waals surface area contributed by atoms with Crippen LogP contribution in [0.2, 0.25) is 0 Å². The summed E-state index contributed by atoms with van der Waals surface area (Å²) in [4.78, 5) is 10.3. The van der Waals surface area contributed by atoms with Gasteiger partial charge in [-0.2, -0.15) is 0 Å². The summed E-state index contributed by atoms with van der Waals surface area (Å²) in [5, 5.41) is 1.17. The first-order valence-corrected chi connectivity index (χ1v) is 29.0. The molecule has 56 heavy (non-hydrogen) atoms. The number of unbranched alkanes of at least 4 members (excludes halogenated alkanes) is 4. The molecule has 6 aromatic heterocycles. The second-order valence-electron chi connectivity index (χ2n) is 12.9. The fourth-order valence-corrected chi connectivity index (χ4v) is 18.2. The van der Waals surface area contributed by atoms with Gasteiger partial charge in [-0.3, -0.25) is 9.13 Å². The lowest BCUT2D eigenvalue weighted by molar-refractivity contribution is 0.208. The molecule has 0 amide bonds. The van der Waals surface area contributed by atoms with Crippen LogP contribution in [-0.4, -0.2) is 26.4 Å². The average molecular weight is 1130 g/mol. The van der Waals surface area contributed by atoms with E-state index >= 15 is 9.13 Å². The normalized spacial score (nSPS) is 12.3. The van der Waals surface area contributed by atoms with Crippen LogP contribution in [0.15, 0.2) is 60.7 Å². The van der Waals surface area contributed by atoms with E-state index in [-0.39, 0.29) is 0 Å². The summed E-state index contributed by atoms with van der Waals surface area (Å²) in [6, 6.07) is 21.1. The van der Waals surface area contributed by atoms with Gasteiger partial charge in [-0.1, -0.05) is 53.4 Å². The van der Waals surface area contributed by atoms with Crippen LogP contribution in [-0.2, 0) is 27.2 Å². The SMILES string of the molecule is CCCCOP(=O)(OCCCC)c1cc(-c2cc(P(=O)(OCCCC)OCCCC)c(-c3ccc(-c4ccc(I)s4)s3)s2)sc1-c1ccc(-c2ccc(I)s2)s1. The Hall–Kier alpha value is -0.0400. The highest BCUT2D eigenvalue weighted by molar-refractivity contribution is 14.1. The summed E-state index contributed by atoms with van der Waals surface area (Å²) in [7, 11) is -7.46. The molecule has 0 spiro atoms. The average Bonchev–Trinajstić information content (AvgIpc) is 4.03. The molecule has 0 unspecified atom stereocenters. The molecule has 0 saturated heterocycles. The number of hydrogen-bond acceptors (Lipinski definition) is 12. The molecule has 302 valence electrons. The number of thiophene rings is 6. The Morgan fingerprint density at radius 3 is 1.04 bits per heavy atom. The molecule has 0 aromatic carbocycles. The van der Waals surface area contributed by atoms with E-state index in [0.29, 0.717) is 37.0 Å². The lowest BCUT2D eigenvalue weighted by Gasteiger charge is -2.19. The van der Waals surface area contributed by atoms with Gasteiger partial charge in [0.1, 0.15) is 0 Å². The van der Waals surface area contributed by atoms with Crippen LogP contribution in [0.5, 0.6) is 0 Å². The monoisotopic (exact) mass is 1130 g/mol. The van der Waals surface area contributed by atoms with Crippen molar-refractivity contribution in [3.8, 4) is 48.8 Å². The van der Waals surface area contributed by atoms with Crippen molar-refractivity contribution >= 4 is 139 Å². The third-order valence-electron chi connectivity index (χ3n) is 8.59. The Kier molecular flexibility index (Phi) is 17.6. The summed E-state index contributed by atoms with van der Waals surface area (Å²) in [5.74, 6) is 0. The summed E-state index contributed by atoms with van der Waals surface area (Å²) in [6.45, 7) is 9.77. The van der Waals surface area contributed by atoms with Crippen molar-refractivity contribution in [1.82, 2.24) is 0 Å². The van der Waals surface area contributed by atoms with Crippen LogP contribution in [0.1, 0.15) is 79.1 Å². The first-order valence-electron chi connectivity index (χ1n) is 18.9. The van der Waals surface area contributed by atoms with Crippen molar-refractivity contribution in [1.29, 1.82) is 0 Å². The van der Waals surface area contributed by atoms with Gasteiger partial charge in [-0.15, -0.1) is 68.0 Å². The Morgan fingerprint density at radius 1 is 0.429 bits per heavy atom. The van der Waals surface area contributed by atoms with Crippen molar-refractivity contribution < 1.29 is 27.2 Å². The molecule has 0 radical (unpaired) electrons. The van der Waals surface area contributed by atoms with E-state index in [1.165, 1.54) is 15.5 Å². The number of rotatable bonds is 23. The lowest BCUT2D eigenvalue weighted by atomic mass is 10.3. The maximum Gasteiger partial charge on any atom is 0.362 e. The van der Waals surface area contributed by atoms with Gasteiger partial charge in [0, 0.05) is 39.0 Å². The first-order chi connectivity index (χ1) is 27.1. The second kappa shape index (κ2) is 21.7. The van der Waals surface area contributed by atoms with Gasteiger partial charge in [0.2, 0.25) is 0 Å². The second-order valence-corrected chi connectivity index (χ2v) is 27.1. The van der Waals surface area contributed by atoms with Crippen LogP contribution >= 0.6 is 128 Å². The minimum absolute atomic E-state index is 0.346. The van der Waals surface area contributed by atoms with Gasteiger partial charge >= 0.3 is 15.2 Å². The highest BCUT2D eigenvalue weighted by Crippen LogP contribution is 2.57. The Balaban J connectivity index is 1.52. The van der Waals surface area contributed by atoms with Gasteiger partial charge in [-0.05, 0) is 132 Å². The molecule has 0 atom stereocenters. The lowest BCUT2D eigenvalue weighted by Crippen LogP contribution is -2.12. The molecule has 0 aliphatic rings. The quantitative estimate of drug-likeness (QED) is 0.0362. The zero-order valence-electron chi connectivity index (χ0n) is 31.8. The molecule has 0 bridgehead atoms. The predicted octanol–water partition coefficient (Wildman–Crippen LogP) is 16.5. The summed E-state index contributed by atoms with van der Waals surface area (Å²) in [6.07, 6.45) is 6.80. The molecule has 6 nitrogen and oxygen atoms in total. The van der Waals surface area contributed by atoms with E-state index in [0.717, 1.165) is 90.4 Å². The van der Waals surface area contributed by atoms with Crippen LogP contribution in [0.25, 0.3) is 48.8 Å². The minimum atomic E-state index is -3.73. The first kappa shape index (κ1) is 45.5. The zero-order valence-corrected chi connectivity index (χ0v) is 42.8. The maximum atomic E-state index is 15.1. The van der Waals surface area contributed by atoms with Gasteiger partial charge in [0.15, 0.2) is 0 Å². The maximum absolute atomic E-state index is 15.1. The van der Waals surface area contributed by atoms with Crippen molar-refractivity contribution in [2.24, 2.45) is 0 Å². The Morgan fingerprint density at radius 2 is 0.732 bits per heavy atom. The molecule has 0 aliphatic heterocycles. The van der Waals surface area contributed by atoms with Crippen LogP contribution < -0.4 is 10.6 Å². The smallest absolute Gasteiger partial charge is 0.305 e. The van der Waals surface area contributed by atoms with Gasteiger partial charge in [-0.25, -0.2) is 0 Å². The van der Waals surface area contributed by atoms with E-state index in [1.54, 1.807) is 68.0 Å². The zero-order chi connectivity index (χ0) is 39.7. The van der Waals surface area contributed by atoms with E-state index in [2.05, 4.69) is 121 Å². The molecule has 0 saturated carbocycles. The van der Waals surface area contributed by atoms with E-state index in [9.17, 15) is 0 Å². The third kappa shape index (κ3) is 11.3. The van der Waals surface area contributed by atoms with Gasteiger partial charge in [0.25, 0.3) is 0 Å². The molecule has 6 heterocycles. The number of halogens is 2. The van der Waals surface area contributed by atoms with E-state index < -0.39 is 15.2 Å². The van der Waals surface area contributed by atoms with Crippen molar-refractivity contribution in [2.75, 3.05) is 26.4 Å². The fraction of sp³-hybridized carbons (Fsp3) is 0.400. The molecule has 16 heteroatoms. The van der Waals surface area contributed by atoms with E-state index in [1.807, 2.05) is 12.1 Å². The van der Waals surface area contributed by atoms with E-state index in [4.69, 9.17) is 18.1 Å².